The molecule has 1 aliphatic rings. The summed E-state index contributed by atoms with van der Waals surface area (Å²) >= 11 is 1.68. The fourth-order valence-corrected chi connectivity index (χ4v) is 3.22. The summed E-state index contributed by atoms with van der Waals surface area (Å²) in [5.74, 6) is 3.50. The summed E-state index contributed by atoms with van der Waals surface area (Å²) in [4.78, 5) is 12.6. The van der Waals surface area contributed by atoms with Crippen LogP contribution in [0.5, 0.6) is 0 Å². The van der Waals surface area contributed by atoms with Gasteiger partial charge in [-0.3, -0.25) is 0 Å². The van der Waals surface area contributed by atoms with E-state index in [1.165, 1.54) is 11.8 Å². The van der Waals surface area contributed by atoms with Gasteiger partial charge in [0.1, 0.15) is 10.6 Å². The van der Waals surface area contributed by atoms with Crippen LogP contribution in [0.3, 0.4) is 0 Å². The van der Waals surface area contributed by atoms with E-state index in [1.807, 2.05) is 0 Å². The number of rotatable bonds is 5. The lowest BCUT2D eigenvalue weighted by atomic mass is 10.3. The smallest absolute Gasteiger partial charge is 0.226 e. The van der Waals surface area contributed by atoms with Crippen LogP contribution in [-0.2, 0) is 0 Å². The van der Waals surface area contributed by atoms with E-state index in [0.29, 0.717) is 0 Å². The van der Waals surface area contributed by atoms with Gasteiger partial charge < -0.3 is 10.2 Å². The molecule has 102 valence electrons. The first-order chi connectivity index (χ1) is 9.19. The molecule has 4 nitrogen and oxygen atoms in total. The quantitative estimate of drug-likeness (QED) is 0.910. The largest absolute Gasteiger partial charge is 0.359 e. The molecule has 3 rings (SSSR count). The van der Waals surface area contributed by atoms with Crippen LogP contribution >= 0.6 is 11.3 Å². The van der Waals surface area contributed by atoms with Crippen molar-refractivity contribution in [3.63, 3.8) is 0 Å². The van der Waals surface area contributed by atoms with Gasteiger partial charge in [-0.05, 0) is 36.6 Å². The predicted octanol–water partition coefficient (Wildman–Crippen LogP) is 3.22. The van der Waals surface area contributed by atoms with Crippen LogP contribution in [0.4, 0.5) is 11.8 Å². The van der Waals surface area contributed by atoms with Crippen molar-refractivity contribution in [1.82, 2.24) is 9.97 Å². The summed E-state index contributed by atoms with van der Waals surface area (Å²) in [6.07, 6.45) is 1.35. The number of thiophene rings is 1. The lowest BCUT2D eigenvalue weighted by Crippen LogP contribution is -2.22. The fourth-order valence-electron chi connectivity index (χ4n) is 2.46. The Labute approximate surface area is 117 Å². The molecule has 0 spiro atoms. The van der Waals surface area contributed by atoms with Gasteiger partial charge in [-0.25, -0.2) is 4.98 Å². The Balaban J connectivity index is 1.92. The van der Waals surface area contributed by atoms with Crippen molar-refractivity contribution >= 4 is 33.3 Å². The number of nitrogens with zero attached hydrogens (tertiary/aromatic N) is 3. The van der Waals surface area contributed by atoms with Gasteiger partial charge in [0.2, 0.25) is 5.95 Å². The summed E-state index contributed by atoms with van der Waals surface area (Å²) < 4.78 is 0. The van der Waals surface area contributed by atoms with Crippen molar-refractivity contribution < 1.29 is 0 Å². The van der Waals surface area contributed by atoms with Crippen LogP contribution in [0.25, 0.3) is 10.2 Å². The highest BCUT2D eigenvalue weighted by Gasteiger charge is 2.33. The molecular weight excluding hydrogens is 256 g/mol. The van der Waals surface area contributed by atoms with Crippen molar-refractivity contribution in [3.05, 3.63) is 11.4 Å². The first-order valence-corrected chi connectivity index (χ1v) is 7.77. The number of hydrogen-bond acceptors (Lipinski definition) is 5. The van der Waals surface area contributed by atoms with Crippen LogP contribution in [-0.4, -0.2) is 30.1 Å². The highest BCUT2D eigenvalue weighted by Crippen LogP contribution is 2.39. The van der Waals surface area contributed by atoms with Gasteiger partial charge in [0.15, 0.2) is 0 Å². The Morgan fingerprint density at radius 3 is 2.95 bits per heavy atom. The summed E-state index contributed by atoms with van der Waals surface area (Å²) in [6.45, 7) is 6.33. The molecule has 5 heteroatoms. The van der Waals surface area contributed by atoms with E-state index in [1.54, 1.807) is 11.3 Å². The molecule has 1 N–H and O–H groups in total. The van der Waals surface area contributed by atoms with E-state index >= 15 is 0 Å². The van der Waals surface area contributed by atoms with Gasteiger partial charge in [0.25, 0.3) is 0 Å². The van der Waals surface area contributed by atoms with Crippen molar-refractivity contribution in [3.8, 4) is 0 Å². The molecule has 0 aromatic carbocycles. The normalized spacial score (nSPS) is 21.6. The molecule has 1 saturated carbocycles. The van der Waals surface area contributed by atoms with Gasteiger partial charge in [0, 0.05) is 20.1 Å². The number of hydrogen-bond donors (Lipinski definition) is 1. The Hall–Kier alpha value is -1.36. The lowest BCUT2D eigenvalue weighted by Gasteiger charge is -2.19. The first-order valence-electron chi connectivity index (χ1n) is 6.89. The number of aromatic nitrogens is 2. The second kappa shape index (κ2) is 4.96. The minimum Gasteiger partial charge on any atom is -0.359 e. The Kier molecular flexibility index (Phi) is 3.31. The topological polar surface area (TPSA) is 41.1 Å². The van der Waals surface area contributed by atoms with Gasteiger partial charge in [-0.2, -0.15) is 4.98 Å². The fraction of sp³-hybridized carbons (Fsp3) is 0.571. The molecule has 2 aromatic heterocycles. The van der Waals surface area contributed by atoms with E-state index in [9.17, 15) is 0 Å². The molecule has 2 heterocycles. The molecule has 0 saturated heterocycles. The monoisotopic (exact) mass is 276 g/mol. The van der Waals surface area contributed by atoms with E-state index in [2.05, 4.69) is 52.5 Å². The molecule has 1 aliphatic carbocycles. The summed E-state index contributed by atoms with van der Waals surface area (Å²) in [5, 5.41) is 6.48. The van der Waals surface area contributed by atoms with Crippen molar-refractivity contribution in [1.29, 1.82) is 0 Å². The highest BCUT2D eigenvalue weighted by atomic mass is 32.1. The molecule has 1 fully saturated rings. The average Bonchev–Trinajstić information content (AvgIpc) is 2.90. The number of anilines is 2. The maximum atomic E-state index is 4.68. The molecule has 0 amide bonds. The Morgan fingerprint density at radius 1 is 1.47 bits per heavy atom. The second-order valence-electron chi connectivity index (χ2n) is 5.39. The SMILES string of the molecule is CCNc1nc(N(C)CC2CC2C)c2ccsc2n1. The van der Waals surface area contributed by atoms with E-state index in [0.717, 1.165) is 41.5 Å². The maximum Gasteiger partial charge on any atom is 0.226 e. The van der Waals surface area contributed by atoms with Crippen molar-refractivity contribution in [2.45, 2.75) is 20.3 Å². The van der Waals surface area contributed by atoms with Crippen molar-refractivity contribution in [2.75, 3.05) is 30.4 Å². The van der Waals surface area contributed by atoms with Crippen LogP contribution in [0.1, 0.15) is 20.3 Å². The third-order valence-electron chi connectivity index (χ3n) is 3.79. The van der Waals surface area contributed by atoms with E-state index in [4.69, 9.17) is 0 Å². The molecule has 2 unspecified atom stereocenters. The van der Waals surface area contributed by atoms with E-state index < -0.39 is 0 Å². The third kappa shape index (κ3) is 2.52. The van der Waals surface area contributed by atoms with Gasteiger partial charge >= 0.3 is 0 Å². The van der Waals surface area contributed by atoms with Crippen LogP contribution in [0.2, 0.25) is 0 Å². The highest BCUT2D eigenvalue weighted by molar-refractivity contribution is 7.16. The third-order valence-corrected chi connectivity index (χ3v) is 4.59. The lowest BCUT2D eigenvalue weighted by molar-refractivity contribution is 0.721. The number of nitrogens with one attached hydrogen (secondary N) is 1. The zero-order valence-electron chi connectivity index (χ0n) is 11.7. The van der Waals surface area contributed by atoms with Crippen LogP contribution < -0.4 is 10.2 Å². The van der Waals surface area contributed by atoms with Gasteiger partial charge in [-0.1, -0.05) is 6.92 Å². The average molecular weight is 276 g/mol. The minimum absolute atomic E-state index is 0.739. The first kappa shape index (κ1) is 12.7. The Bertz CT molecular complexity index is 580. The van der Waals surface area contributed by atoms with E-state index in [-0.39, 0.29) is 0 Å². The molecule has 19 heavy (non-hydrogen) atoms. The zero-order chi connectivity index (χ0) is 13.4. The van der Waals surface area contributed by atoms with Gasteiger partial charge in [-0.15, -0.1) is 11.3 Å². The van der Waals surface area contributed by atoms with Crippen LogP contribution in [0.15, 0.2) is 11.4 Å². The molecule has 2 atom stereocenters. The molecule has 0 aliphatic heterocycles. The maximum absolute atomic E-state index is 4.68. The summed E-state index contributed by atoms with van der Waals surface area (Å²) in [5.41, 5.74) is 0. The molecule has 0 bridgehead atoms. The summed E-state index contributed by atoms with van der Waals surface area (Å²) in [7, 11) is 2.14. The zero-order valence-corrected chi connectivity index (χ0v) is 12.5. The van der Waals surface area contributed by atoms with Gasteiger partial charge in [0.05, 0.1) is 5.39 Å². The van der Waals surface area contributed by atoms with Crippen LogP contribution in [0, 0.1) is 11.8 Å². The van der Waals surface area contributed by atoms with Crippen molar-refractivity contribution in [2.24, 2.45) is 11.8 Å². The Morgan fingerprint density at radius 2 is 2.26 bits per heavy atom. The summed E-state index contributed by atoms with van der Waals surface area (Å²) in [6, 6.07) is 2.12. The standard InChI is InChI=1S/C14H20N4S/c1-4-15-14-16-12(11-5-6-19-13(11)17-14)18(3)8-10-7-9(10)2/h5-6,9-10H,4,7-8H2,1-3H3,(H,15,16,17). The molecular formula is C14H20N4S. The minimum atomic E-state index is 0.739. The molecule has 2 aromatic rings. The molecule has 0 radical (unpaired) electrons. The second-order valence-corrected chi connectivity index (χ2v) is 6.29. The predicted molar refractivity (Wildman–Crippen MR) is 82.1 cm³/mol. The number of fused-ring (bicyclic) bond motifs is 1.